The molecule has 154 valence electrons. The highest BCUT2D eigenvalue weighted by Gasteiger charge is 2.19. The number of benzene rings is 1. The Bertz CT molecular complexity index is 865. The lowest BCUT2D eigenvalue weighted by atomic mass is 10.1. The molecule has 2 aromatic rings. The molecule has 5 nitrogen and oxygen atoms in total. The highest BCUT2D eigenvalue weighted by atomic mass is 32.2. The third kappa shape index (κ3) is 6.20. The van der Waals surface area contributed by atoms with Crippen LogP contribution in [0.25, 0.3) is 11.3 Å². The lowest BCUT2D eigenvalue weighted by molar-refractivity contribution is 0.571. The summed E-state index contributed by atoms with van der Waals surface area (Å²) >= 11 is 3.69. The summed E-state index contributed by atoms with van der Waals surface area (Å²) in [6, 6.07) is 8.54. The number of thioether (sulfide) groups is 1. The smallest absolute Gasteiger partial charge is 0.211 e. The van der Waals surface area contributed by atoms with Gasteiger partial charge in [0.2, 0.25) is 10.0 Å². The molecule has 28 heavy (non-hydrogen) atoms. The van der Waals surface area contributed by atoms with Crippen LogP contribution in [-0.2, 0) is 16.4 Å². The molecule has 0 atom stereocenters. The number of fused-ring (bicyclic) bond motifs is 3. The molecular formula is C20H29N3O2S3. The Kier molecular flexibility index (Phi) is 8.20. The molecule has 1 aromatic carbocycles. The van der Waals surface area contributed by atoms with Crippen molar-refractivity contribution in [3.8, 4) is 11.3 Å². The van der Waals surface area contributed by atoms with Crippen LogP contribution in [0.4, 0.5) is 5.13 Å². The molecule has 3 rings (SSSR count). The minimum Gasteiger partial charge on any atom is -0.361 e. The number of aryl methyl sites for hydroxylation is 1. The second kappa shape index (κ2) is 10.6. The molecule has 8 heteroatoms. The maximum Gasteiger partial charge on any atom is 0.211 e. The van der Waals surface area contributed by atoms with E-state index in [-0.39, 0.29) is 5.75 Å². The van der Waals surface area contributed by atoms with Crippen molar-refractivity contribution in [2.45, 2.75) is 50.3 Å². The highest BCUT2D eigenvalue weighted by molar-refractivity contribution is 7.99. The second-order valence-corrected chi connectivity index (χ2v) is 11.1. The maximum atomic E-state index is 11.6. The van der Waals surface area contributed by atoms with E-state index in [9.17, 15) is 8.42 Å². The number of hydrogen-bond donors (Lipinski definition) is 2. The molecule has 0 amide bonds. The molecule has 1 aromatic heterocycles. The van der Waals surface area contributed by atoms with Crippen LogP contribution in [0.3, 0.4) is 0 Å². The zero-order chi connectivity index (χ0) is 19.8. The van der Waals surface area contributed by atoms with E-state index in [0.29, 0.717) is 13.0 Å². The fourth-order valence-electron chi connectivity index (χ4n) is 3.22. The number of nitrogens with one attached hydrogen (secondary N) is 2. The van der Waals surface area contributed by atoms with Crippen molar-refractivity contribution < 1.29 is 8.42 Å². The molecular weight excluding hydrogens is 410 g/mol. The van der Waals surface area contributed by atoms with Gasteiger partial charge in [-0.2, -0.15) is 0 Å². The number of aromatic nitrogens is 1. The molecule has 2 N–H and O–H groups in total. The van der Waals surface area contributed by atoms with E-state index in [1.54, 1.807) is 11.3 Å². The summed E-state index contributed by atoms with van der Waals surface area (Å²) in [7, 11) is -3.06. The predicted molar refractivity (Wildman–Crippen MR) is 121 cm³/mol. The standard InChI is InChI=1S/C20H29N3O2S3/c1-2-15-28(24,25)22-13-8-4-3-7-12-21-20-23-19-16-9-5-6-10-17(16)26-14-11-18(19)27-20/h5-6,9-10,22H,2-4,7-8,11-15H2,1H3,(H,21,23). The van der Waals surface area contributed by atoms with Gasteiger partial charge in [-0.05, 0) is 31.7 Å². The zero-order valence-corrected chi connectivity index (χ0v) is 18.8. The van der Waals surface area contributed by atoms with Crippen LogP contribution < -0.4 is 10.0 Å². The maximum absolute atomic E-state index is 11.6. The van der Waals surface area contributed by atoms with Gasteiger partial charge < -0.3 is 5.32 Å². The summed E-state index contributed by atoms with van der Waals surface area (Å²) in [5, 5.41) is 4.49. The first kappa shape index (κ1) is 21.6. The van der Waals surface area contributed by atoms with Gasteiger partial charge in [0.25, 0.3) is 0 Å². The Morgan fingerprint density at radius 3 is 2.71 bits per heavy atom. The number of sulfonamides is 1. The highest BCUT2D eigenvalue weighted by Crippen LogP contribution is 2.40. The second-order valence-electron chi connectivity index (χ2n) is 6.94. The van der Waals surface area contributed by atoms with E-state index in [1.165, 1.54) is 15.3 Å². The number of nitrogens with zero attached hydrogens (tertiary/aromatic N) is 1. The molecule has 0 unspecified atom stereocenters. The largest absolute Gasteiger partial charge is 0.361 e. The molecule has 0 spiro atoms. The summed E-state index contributed by atoms with van der Waals surface area (Å²) in [6.45, 7) is 3.33. The Balaban J connectivity index is 1.38. The number of rotatable bonds is 11. The van der Waals surface area contributed by atoms with Crippen molar-refractivity contribution >= 4 is 38.3 Å². The van der Waals surface area contributed by atoms with E-state index in [2.05, 4.69) is 34.3 Å². The van der Waals surface area contributed by atoms with Crippen LogP contribution in [-0.4, -0.2) is 38.0 Å². The zero-order valence-electron chi connectivity index (χ0n) is 16.4. The third-order valence-corrected chi connectivity index (χ3v) is 8.34. The number of hydrogen-bond acceptors (Lipinski definition) is 6. The van der Waals surface area contributed by atoms with Crippen molar-refractivity contribution in [1.82, 2.24) is 9.71 Å². The van der Waals surface area contributed by atoms with Gasteiger partial charge in [-0.3, -0.25) is 0 Å². The SMILES string of the molecule is CCCS(=O)(=O)NCCCCCCNc1nc2c(s1)CCSc1ccccc1-2. The third-order valence-electron chi connectivity index (χ3n) is 4.60. The molecule has 1 aliphatic heterocycles. The molecule has 0 saturated carbocycles. The van der Waals surface area contributed by atoms with Crippen LogP contribution in [0.1, 0.15) is 43.9 Å². The topological polar surface area (TPSA) is 71.1 Å². The molecule has 0 bridgehead atoms. The van der Waals surface area contributed by atoms with Crippen molar-refractivity contribution in [2.75, 3.05) is 29.9 Å². The average Bonchev–Trinajstić information content (AvgIpc) is 2.99. The van der Waals surface area contributed by atoms with Crippen molar-refractivity contribution in [1.29, 1.82) is 0 Å². The van der Waals surface area contributed by atoms with Gasteiger partial charge in [0, 0.05) is 34.2 Å². The fourth-order valence-corrected chi connectivity index (χ4v) is 6.50. The Hall–Kier alpha value is -1.09. The summed E-state index contributed by atoms with van der Waals surface area (Å²) in [5.74, 6) is 1.32. The van der Waals surface area contributed by atoms with Crippen molar-refractivity contribution in [3.05, 3.63) is 29.1 Å². The van der Waals surface area contributed by atoms with Crippen LogP contribution >= 0.6 is 23.1 Å². The molecule has 1 aliphatic rings. The van der Waals surface area contributed by atoms with Gasteiger partial charge in [0.15, 0.2) is 5.13 Å². The predicted octanol–water partition coefficient (Wildman–Crippen LogP) is 4.76. The molecule has 0 aliphatic carbocycles. The first-order valence-electron chi connectivity index (χ1n) is 10.0. The lowest BCUT2D eigenvalue weighted by Gasteiger charge is -2.06. The van der Waals surface area contributed by atoms with Gasteiger partial charge in [-0.25, -0.2) is 18.1 Å². The minimum absolute atomic E-state index is 0.220. The first-order valence-corrected chi connectivity index (χ1v) is 13.5. The van der Waals surface area contributed by atoms with E-state index in [1.807, 2.05) is 18.7 Å². The number of anilines is 1. The van der Waals surface area contributed by atoms with E-state index in [4.69, 9.17) is 4.98 Å². The van der Waals surface area contributed by atoms with Crippen LogP contribution in [0, 0.1) is 0 Å². The quantitative estimate of drug-likeness (QED) is 0.494. The van der Waals surface area contributed by atoms with E-state index >= 15 is 0 Å². The monoisotopic (exact) mass is 439 g/mol. The van der Waals surface area contributed by atoms with Gasteiger partial charge in [-0.1, -0.05) is 38.0 Å². The normalized spacial score (nSPS) is 13.6. The molecule has 0 radical (unpaired) electrons. The van der Waals surface area contributed by atoms with Crippen molar-refractivity contribution in [2.24, 2.45) is 0 Å². The van der Waals surface area contributed by atoms with E-state index < -0.39 is 10.0 Å². The van der Waals surface area contributed by atoms with Crippen molar-refractivity contribution in [3.63, 3.8) is 0 Å². The van der Waals surface area contributed by atoms with Gasteiger partial charge in [-0.15, -0.1) is 23.1 Å². The summed E-state index contributed by atoms with van der Waals surface area (Å²) in [4.78, 5) is 7.56. The Morgan fingerprint density at radius 2 is 1.89 bits per heavy atom. The van der Waals surface area contributed by atoms with Crippen LogP contribution in [0.15, 0.2) is 29.2 Å². The molecule has 0 fully saturated rings. The van der Waals surface area contributed by atoms with Crippen LogP contribution in [0.2, 0.25) is 0 Å². The van der Waals surface area contributed by atoms with Crippen LogP contribution in [0.5, 0.6) is 0 Å². The minimum atomic E-state index is -3.06. The molecule has 0 saturated heterocycles. The summed E-state index contributed by atoms with van der Waals surface area (Å²) < 4.78 is 25.8. The fraction of sp³-hybridized carbons (Fsp3) is 0.550. The van der Waals surface area contributed by atoms with Gasteiger partial charge in [0.1, 0.15) is 0 Å². The van der Waals surface area contributed by atoms with Gasteiger partial charge >= 0.3 is 0 Å². The lowest BCUT2D eigenvalue weighted by Crippen LogP contribution is -2.27. The Labute approximate surface area is 176 Å². The average molecular weight is 440 g/mol. The number of unbranched alkanes of at least 4 members (excludes halogenated alkanes) is 3. The number of thiazole rings is 1. The Morgan fingerprint density at radius 1 is 1.11 bits per heavy atom. The first-order chi connectivity index (χ1) is 13.6. The summed E-state index contributed by atoms with van der Waals surface area (Å²) in [5.41, 5.74) is 2.40. The summed E-state index contributed by atoms with van der Waals surface area (Å²) in [6.07, 6.45) is 5.82. The van der Waals surface area contributed by atoms with E-state index in [0.717, 1.165) is 55.2 Å². The van der Waals surface area contributed by atoms with Gasteiger partial charge in [0.05, 0.1) is 11.4 Å². The molecule has 2 heterocycles.